The number of para-hydroxylation sites is 2. The first-order valence-electron chi connectivity index (χ1n) is 11.7. The first-order chi connectivity index (χ1) is 19.1. The van der Waals surface area contributed by atoms with Crippen LogP contribution in [-0.2, 0) is 0 Å². The number of benzene rings is 1. The number of aliphatic hydroxyl groups is 1. The number of hydrogen-bond acceptors (Lipinski definition) is 13. The van der Waals surface area contributed by atoms with Gasteiger partial charge in [0.2, 0.25) is 11.6 Å². The number of aliphatic hydroxyl groups excluding tert-OH is 1. The Morgan fingerprint density at radius 1 is 1.03 bits per heavy atom. The van der Waals surface area contributed by atoms with Gasteiger partial charge in [0.15, 0.2) is 23.1 Å². The second kappa shape index (κ2) is 12.1. The van der Waals surface area contributed by atoms with E-state index in [9.17, 15) is 5.11 Å². The summed E-state index contributed by atoms with van der Waals surface area (Å²) in [7, 11) is 1.55. The second-order valence-electron chi connectivity index (χ2n) is 7.90. The summed E-state index contributed by atoms with van der Waals surface area (Å²) < 4.78 is 20.7. The quantitative estimate of drug-likeness (QED) is 0.206. The summed E-state index contributed by atoms with van der Waals surface area (Å²) in [6.45, 7) is 1.72. The van der Waals surface area contributed by atoms with Crippen LogP contribution in [0, 0.1) is 6.92 Å². The standard InChI is InChI=1S/C25H23N9O4S/c1-15-7-8-20(27-14-15)39-32-24-21(38-19-6-4-3-5-18(19)36-2)25(37-12-11-35)29-22(28-24)16-9-10-26-17(13-16)23-30-33-34-31-23/h3-10,13-14,35H,11-12H2,1-2H3,(H,28,29,32)(H,30,31,33,34). The highest BCUT2D eigenvalue weighted by Crippen LogP contribution is 2.42. The largest absolute Gasteiger partial charge is 0.493 e. The van der Waals surface area contributed by atoms with Crippen LogP contribution in [0.25, 0.3) is 22.9 Å². The molecule has 0 saturated carbocycles. The molecule has 0 unspecified atom stereocenters. The van der Waals surface area contributed by atoms with Gasteiger partial charge in [0.05, 0.1) is 13.7 Å². The molecule has 5 aromatic rings. The molecule has 0 aliphatic rings. The van der Waals surface area contributed by atoms with E-state index in [-0.39, 0.29) is 24.8 Å². The maximum atomic E-state index is 9.47. The van der Waals surface area contributed by atoms with E-state index in [1.54, 1.807) is 43.8 Å². The van der Waals surface area contributed by atoms with Crippen molar-refractivity contribution in [3.8, 4) is 46.0 Å². The molecule has 0 bridgehead atoms. The lowest BCUT2D eigenvalue weighted by Gasteiger charge is -2.17. The number of H-pyrrole nitrogens is 1. The van der Waals surface area contributed by atoms with Gasteiger partial charge in [0.25, 0.3) is 5.88 Å². The molecule has 0 saturated heterocycles. The van der Waals surface area contributed by atoms with Crippen molar-refractivity contribution in [1.29, 1.82) is 0 Å². The second-order valence-corrected chi connectivity index (χ2v) is 8.72. The lowest BCUT2D eigenvalue weighted by atomic mass is 10.2. The number of nitrogens with one attached hydrogen (secondary N) is 2. The van der Waals surface area contributed by atoms with E-state index in [0.29, 0.717) is 45.2 Å². The number of aromatic amines is 1. The number of hydrogen-bond donors (Lipinski definition) is 3. The van der Waals surface area contributed by atoms with Crippen LogP contribution in [0.5, 0.6) is 23.1 Å². The third-order valence-corrected chi connectivity index (χ3v) is 5.92. The summed E-state index contributed by atoms with van der Waals surface area (Å²) in [5.74, 6) is 2.18. The van der Waals surface area contributed by atoms with Gasteiger partial charge in [-0.05, 0) is 48.0 Å². The first kappa shape index (κ1) is 25.8. The smallest absolute Gasteiger partial charge is 0.263 e. The Bertz CT molecular complexity index is 1540. The van der Waals surface area contributed by atoms with E-state index >= 15 is 0 Å². The number of nitrogens with zero attached hydrogens (tertiary/aromatic N) is 7. The molecule has 0 atom stereocenters. The Balaban J connectivity index is 1.59. The molecular formula is C25H23N9O4S. The normalized spacial score (nSPS) is 10.7. The molecule has 0 radical (unpaired) electrons. The van der Waals surface area contributed by atoms with Crippen molar-refractivity contribution in [3.05, 3.63) is 66.5 Å². The van der Waals surface area contributed by atoms with Gasteiger partial charge in [0, 0.05) is 29.9 Å². The maximum Gasteiger partial charge on any atom is 0.263 e. The summed E-state index contributed by atoms with van der Waals surface area (Å²) in [4.78, 5) is 18.1. The summed E-state index contributed by atoms with van der Waals surface area (Å²) in [5.41, 5.74) is 2.13. The molecule has 4 aromatic heterocycles. The van der Waals surface area contributed by atoms with Crippen LogP contribution >= 0.6 is 11.9 Å². The van der Waals surface area contributed by atoms with Crippen molar-refractivity contribution in [2.24, 2.45) is 0 Å². The maximum absolute atomic E-state index is 9.47. The molecule has 5 rings (SSSR count). The van der Waals surface area contributed by atoms with Crippen LogP contribution in [0.2, 0.25) is 0 Å². The third-order valence-electron chi connectivity index (χ3n) is 5.17. The molecule has 0 spiro atoms. The molecule has 1 aromatic carbocycles. The van der Waals surface area contributed by atoms with Gasteiger partial charge >= 0.3 is 0 Å². The van der Waals surface area contributed by atoms with Crippen LogP contribution < -0.4 is 18.9 Å². The monoisotopic (exact) mass is 545 g/mol. The summed E-state index contributed by atoms with van der Waals surface area (Å²) >= 11 is 1.24. The average molecular weight is 546 g/mol. The molecule has 0 aliphatic carbocycles. The Morgan fingerprint density at radius 3 is 2.64 bits per heavy atom. The zero-order valence-electron chi connectivity index (χ0n) is 20.9. The molecule has 14 heteroatoms. The van der Waals surface area contributed by atoms with Crippen LogP contribution in [0.4, 0.5) is 5.82 Å². The first-order valence-corrected chi connectivity index (χ1v) is 12.5. The van der Waals surface area contributed by atoms with Gasteiger partial charge in [0.1, 0.15) is 17.3 Å². The fourth-order valence-electron chi connectivity index (χ4n) is 3.35. The highest BCUT2D eigenvalue weighted by atomic mass is 32.2. The molecule has 0 aliphatic heterocycles. The predicted octanol–water partition coefficient (Wildman–Crippen LogP) is 3.71. The Morgan fingerprint density at radius 2 is 1.90 bits per heavy atom. The van der Waals surface area contributed by atoms with Gasteiger partial charge in [-0.3, -0.25) is 4.98 Å². The number of pyridine rings is 2. The predicted molar refractivity (Wildman–Crippen MR) is 143 cm³/mol. The number of aryl methyl sites for hydroxylation is 1. The Kier molecular flexibility index (Phi) is 8.04. The molecule has 3 N–H and O–H groups in total. The van der Waals surface area contributed by atoms with Crippen LogP contribution in [0.3, 0.4) is 0 Å². The number of tetrazole rings is 1. The Labute approximate surface area is 227 Å². The van der Waals surface area contributed by atoms with E-state index in [1.807, 2.05) is 31.2 Å². The molecule has 39 heavy (non-hydrogen) atoms. The van der Waals surface area contributed by atoms with Gasteiger partial charge in [-0.1, -0.05) is 18.2 Å². The zero-order valence-corrected chi connectivity index (χ0v) is 21.7. The minimum atomic E-state index is -0.227. The van der Waals surface area contributed by atoms with Gasteiger partial charge < -0.3 is 24.0 Å². The van der Waals surface area contributed by atoms with Gasteiger partial charge in [-0.25, -0.2) is 9.97 Å². The molecule has 13 nitrogen and oxygen atoms in total. The molecule has 0 fully saturated rings. The van der Waals surface area contributed by atoms with Crippen LogP contribution in [0.1, 0.15) is 5.56 Å². The topological polar surface area (TPSA) is 166 Å². The van der Waals surface area contributed by atoms with Crippen molar-refractivity contribution in [3.63, 3.8) is 0 Å². The summed E-state index contributed by atoms with van der Waals surface area (Å²) in [6.07, 6.45) is 3.36. The van der Waals surface area contributed by atoms with E-state index in [0.717, 1.165) is 5.56 Å². The SMILES string of the molecule is COc1ccccc1Oc1c(NSc2ccc(C)cn2)nc(-c2ccnc(-c3nn[nH]n3)c2)nc1OCCO. The molecule has 198 valence electrons. The lowest BCUT2D eigenvalue weighted by molar-refractivity contribution is 0.192. The fourth-order valence-corrected chi connectivity index (χ4v) is 3.93. The Hall–Kier alpha value is -4.82. The molecule has 4 heterocycles. The number of anilines is 1. The number of aromatic nitrogens is 8. The lowest BCUT2D eigenvalue weighted by Crippen LogP contribution is -2.08. The van der Waals surface area contributed by atoms with E-state index in [4.69, 9.17) is 19.2 Å². The van der Waals surface area contributed by atoms with E-state index in [2.05, 4.69) is 40.3 Å². The summed E-state index contributed by atoms with van der Waals surface area (Å²) in [5, 5.41) is 24.2. The average Bonchev–Trinajstić information content (AvgIpc) is 3.52. The van der Waals surface area contributed by atoms with Crippen molar-refractivity contribution in [2.75, 3.05) is 25.0 Å². The van der Waals surface area contributed by atoms with Gasteiger partial charge in [-0.15, -0.1) is 10.2 Å². The van der Waals surface area contributed by atoms with Crippen molar-refractivity contribution in [2.45, 2.75) is 11.9 Å². The molecular weight excluding hydrogens is 522 g/mol. The highest BCUT2D eigenvalue weighted by Gasteiger charge is 2.22. The zero-order chi connectivity index (χ0) is 27.0. The van der Waals surface area contributed by atoms with Gasteiger partial charge in [-0.2, -0.15) is 10.2 Å². The van der Waals surface area contributed by atoms with Crippen molar-refractivity contribution < 1.29 is 19.3 Å². The summed E-state index contributed by atoms with van der Waals surface area (Å²) in [6, 6.07) is 14.5. The van der Waals surface area contributed by atoms with Crippen molar-refractivity contribution >= 4 is 17.8 Å². The highest BCUT2D eigenvalue weighted by molar-refractivity contribution is 8.00. The third kappa shape index (κ3) is 6.19. The van der Waals surface area contributed by atoms with Crippen molar-refractivity contribution in [1.82, 2.24) is 40.6 Å². The molecule has 0 amide bonds. The number of methoxy groups -OCH3 is 1. The minimum absolute atomic E-state index is 0.0186. The van der Waals surface area contributed by atoms with Crippen LogP contribution in [0.15, 0.2) is 66.0 Å². The minimum Gasteiger partial charge on any atom is -0.493 e. The fraction of sp³-hybridized carbons (Fsp3) is 0.160. The van der Waals surface area contributed by atoms with E-state index < -0.39 is 0 Å². The number of ether oxygens (including phenoxy) is 3. The van der Waals surface area contributed by atoms with E-state index in [1.165, 1.54) is 11.9 Å². The van der Waals surface area contributed by atoms with Crippen LogP contribution in [-0.4, -0.2) is 66.0 Å². The number of rotatable bonds is 11.